The van der Waals surface area contributed by atoms with Gasteiger partial charge in [0.2, 0.25) is 0 Å². The molecule has 5 rings (SSSR count). The zero-order valence-corrected chi connectivity index (χ0v) is 21.2. The van der Waals surface area contributed by atoms with Gasteiger partial charge in [0.15, 0.2) is 0 Å². The number of carbonyl (C=O) groups is 1. The van der Waals surface area contributed by atoms with Crippen molar-refractivity contribution in [1.29, 1.82) is 0 Å². The number of ether oxygens (including phenoxy) is 5. The first-order chi connectivity index (χ1) is 18.0. The van der Waals surface area contributed by atoms with Crippen LogP contribution >= 0.6 is 0 Å². The van der Waals surface area contributed by atoms with E-state index in [9.17, 15) is 4.79 Å². The number of aryl methyl sites for hydroxylation is 2. The van der Waals surface area contributed by atoms with Crippen molar-refractivity contribution in [1.82, 2.24) is 0 Å². The highest BCUT2D eigenvalue weighted by Gasteiger charge is 2.26. The van der Waals surface area contributed by atoms with Crippen LogP contribution in [0.1, 0.15) is 34.6 Å². The van der Waals surface area contributed by atoms with Gasteiger partial charge in [0.1, 0.15) is 36.6 Å². The third kappa shape index (κ3) is 6.06. The van der Waals surface area contributed by atoms with E-state index in [1.165, 1.54) is 5.56 Å². The molecule has 0 saturated carbocycles. The Bertz CT molecular complexity index is 1240. The summed E-state index contributed by atoms with van der Waals surface area (Å²) >= 11 is 0. The highest BCUT2D eigenvalue weighted by atomic mass is 16.6. The smallest absolute Gasteiger partial charge is 0.304 e. The van der Waals surface area contributed by atoms with Crippen LogP contribution in [0.5, 0.6) is 17.2 Å². The fourth-order valence-electron chi connectivity index (χ4n) is 4.99. The van der Waals surface area contributed by atoms with E-state index >= 15 is 0 Å². The number of hydrogen-bond acceptors (Lipinski definition) is 6. The van der Waals surface area contributed by atoms with E-state index in [1.54, 1.807) is 0 Å². The van der Waals surface area contributed by atoms with Crippen LogP contribution in [-0.2, 0) is 20.9 Å². The van der Waals surface area contributed by atoms with Crippen LogP contribution in [0, 0.1) is 13.8 Å². The zero-order valence-electron chi connectivity index (χ0n) is 21.2. The predicted molar refractivity (Wildman–Crippen MR) is 139 cm³/mol. The third-order valence-corrected chi connectivity index (χ3v) is 6.73. The standard InChI is InChI=1S/C30H32O7/c1-19-10-25(36-18-26-17-33-8-9-34-26)11-20(2)30(19)22-5-3-4-21(12-22)15-35-24-6-7-27-23(13-29(31)32)16-37-28(27)14-24/h3-7,10-12,14,23,26H,8-9,13,15-18H2,1-2H3,(H,31,32)/t23-,26+/m1/s1. The number of rotatable bonds is 9. The van der Waals surface area contributed by atoms with Crippen LogP contribution in [0.3, 0.4) is 0 Å². The highest BCUT2D eigenvalue weighted by Crippen LogP contribution is 2.38. The topological polar surface area (TPSA) is 83.5 Å². The molecular formula is C30H32O7. The molecule has 2 heterocycles. The molecule has 0 bridgehead atoms. The van der Waals surface area contributed by atoms with Crippen molar-refractivity contribution in [3.63, 3.8) is 0 Å². The molecule has 0 unspecified atom stereocenters. The largest absolute Gasteiger partial charge is 0.492 e. The lowest BCUT2D eigenvalue weighted by Crippen LogP contribution is -2.33. The fourth-order valence-corrected chi connectivity index (χ4v) is 4.99. The maximum Gasteiger partial charge on any atom is 0.304 e. The fraction of sp³-hybridized carbons (Fsp3) is 0.367. The van der Waals surface area contributed by atoms with Crippen LogP contribution in [0.25, 0.3) is 11.1 Å². The predicted octanol–water partition coefficient (Wildman–Crippen LogP) is 5.29. The summed E-state index contributed by atoms with van der Waals surface area (Å²) in [6.07, 6.45) is 0.0321. The van der Waals surface area contributed by atoms with E-state index in [0.29, 0.717) is 51.1 Å². The van der Waals surface area contributed by atoms with Gasteiger partial charge in [-0.15, -0.1) is 0 Å². The number of fused-ring (bicyclic) bond motifs is 1. The first-order valence-corrected chi connectivity index (χ1v) is 12.6. The normalized spacial score (nSPS) is 18.6. The van der Waals surface area contributed by atoms with Crippen LogP contribution in [-0.4, -0.2) is 50.2 Å². The van der Waals surface area contributed by atoms with Crippen molar-refractivity contribution in [2.24, 2.45) is 0 Å². The van der Waals surface area contributed by atoms with Crippen molar-refractivity contribution in [2.75, 3.05) is 33.0 Å². The quantitative estimate of drug-likeness (QED) is 0.424. The molecule has 7 heteroatoms. The van der Waals surface area contributed by atoms with Crippen molar-refractivity contribution >= 4 is 5.97 Å². The summed E-state index contributed by atoms with van der Waals surface area (Å²) in [5.74, 6) is 1.29. The molecule has 7 nitrogen and oxygen atoms in total. The van der Waals surface area contributed by atoms with Gasteiger partial charge in [-0.05, 0) is 65.9 Å². The lowest BCUT2D eigenvalue weighted by Gasteiger charge is -2.23. The molecule has 37 heavy (non-hydrogen) atoms. The SMILES string of the molecule is Cc1cc(OC[C@@H]2COCCO2)cc(C)c1-c1cccc(COc2ccc3c(c2)OC[C@H]3CC(=O)O)c1. The van der Waals surface area contributed by atoms with E-state index < -0.39 is 5.97 Å². The van der Waals surface area contributed by atoms with Crippen LogP contribution in [0.2, 0.25) is 0 Å². The minimum atomic E-state index is -0.821. The molecule has 0 aromatic heterocycles. The Hall–Kier alpha value is -3.55. The number of benzene rings is 3. The molecule has 0 radical (unpaired) electrons. The van der Waals surface area contributed by atoms with Gasteiger partial charge in [-0.3, -0.25) is 4.79 Å². The Morgan fingerprint density at radius 3 is 2.57 bits per heavy atom. The number of hydrogen-bond donors (Lipinski definition) is 1. The van der Waals surface area contributed by atoms with Gasteiger partial charge < -0.3 is 28.8 Å². The molecule has 1 fully saturated rings. The Labute approximate surface area is 216 Å². The Balaban J connectivity index is 1.24. The van der Waals surface area contributed by atoms with Gasteiger partial charge in [-0.1, -0.05) is 24.3 Å². The molecule has 2 atom stereocenters. The molecule has 0 aliphatic carbocycles. The minimum Gasteiger partial charge on any atom is -0.492 e. The lowest BCUT2D eigenvalue weighted by molar-refractivity contribution is -0.137. The second-order valence-corrected chi connectivity index (χ2v) is 9.61. The second kappa shape index (κ2) is 11.2. The summed E-state index contributed by atoms with van der Waals surface area (Å²) in [4.78, 5) is 11.1. The van der Waals surface area contributed by atoms with Gasteiger partial charge in [0.05, 0.1) is 32.8 Å². The van der Waals surface area contributed by atoms with Crippen LogP contribution in [0.4, 0.5) is 0 Å². The third-order valence-electron chi connectivity index (χ3n) is 6.73. The Morgan fingerprint density at radius 1 is 0.973 bits per heavy atom. The van der Waals surface area contributed by atoms with Crippen molar-refractivity contribution in [2.45, 2.75) is 38.9 Å². The molecule has 1 saturated heterocycles. The highest BCUT2D eigenvalue weighted by molar-refractivity contribution is 5.72. The number of aliphatic carboxylic acids is 1. The molecule has 0 amide bonds. The van der Waals surface area contributed by atoms with Gasteiger partial charge in [-0.2, -0.15) is 0 Å². The number of carboxylic acids is 1. The average Bonchev–Trinajstić information content (AvgIpc) is 3.28. The monoisotopic (exact) mass is 504 g/mol. The first-order valence-electron chi connectivity index (χ1n) is 12.6. The molecule has 194 valence electrons. The van der Waals surface area contributed by atoms with Gasteiger partial charge in [0, 0.05) is 17.5 Å². The van der Waals surface area contributed by atoms with Gasteiger partial charge in [0.25, 0.3) is 0 Å². The van der Waals surface area contributed by atoms with Crippen LogP contribution in [0.15, 0.2) is 54.6 Å². The summed E-state index contributed by atoms with van der Waals surface area (Å²) in [7, 11) is 0. The molecule has 2 aliphatic heterocycles. The maximum absolute atomic E-state index is 11.1. The van der Waals surface area contributed by atoms with E-state index in [-0.39, 0.29) is 18.4 Å². The summed E-state index contributed by atoms with van der Waals surface area (Å²) in [5.41, 5.74) is 6.56. The lowest BCUT2D eigenvalue weighted by atomic mass is 9.94. The van der Waals surface area contributed by atoms with E-state index in [1.807, 2.05) is 30.3 Å². The Kier molecular flexibility index (Phi) is 7.63. The molecule has 3 aromatic rings. The van der Waals surface area contributed by atoms with E-state index in [0.717, 1.165) is 33.6 Å². The van der Waals surface area contributed by atoms with Crippen LogP contribution < -0.4 is 14.2 Å². The average molecular weight is 505 g/mol. The van der Waals surface area contributed by atoms with Crippen molar-refractivity contribution in [3.8, 4) is 28.4 Å². The summed E-state index contributed by atoms with van der Waals surface area (Å²) < 4.78 is 28.9. The first kappa shape index (κ1) is 25.1. The van der Waals surface area contributed by atoms with E-state index in [4.69, 9.17) is 28.8 Å². The van der Waals surface area contributed by atoms with Crippen molar-refractivity contribution < 1.29 is 33.6 Å². The Morgan fingerprint density at radius 2 is 1.81 bits per heavy atom. The maximum atomic E-state index is 11.1. The molecule has 3 aromatic carbocycles. The van der Waals surface area contributed by atoms with Crippen molar-refractivity contribution in [3.05, 3.63) is 76.9 Å². The van der Waals surface area contributed by atoms with E-state index in [2.05, 4.69) is 38.1 Å². The number of carboxylic acid groups (broad SMARTS) is 1. The molecular weight excluding hydrogens is 472 g/mol. The molecule has 0 spiro atoms. The zero-order chi connectivity index (χ0) is 25.8. The second-order valence-electron chi connectivity index (χ2n) is 9.61. The summed E-state index contributed by atoms with van der Waals surface area (Å²) in [6, 6.07) is 18.1. The van der Waals surface area contributed by atoms with Gasteiger partial charge in [-0.25, -0.2) is 0 Å². The summed E-state index contributed by atoms with van der Waals surface area (Å²) in [5, 5.41) is 9.09. The minimum absolute atomic E-state index is 0.0332. The van der Waals surface area contributed by atoms with Gasteiger partial charge >= 0.3 is 5.97 Å². The molecule has 2 aliphatic rings. The summed E-state index contributed by atoms with van der Waals surface area (Å²) in [6.45, 7) is 7.28. The molecule has 1 N–H and O–H groups in total.